The highest BCUT2D eigenvalue weighted by atomic mass is 19.1. The highest BCUT2D eigenvalue weighted by Gasteiger charge is 2.28. The van der Waals surface area contributed by atoms with Gasteiger partial charge in [0.25, 0.3) is 10.9 Å². The van der Waals surface area contributed by atoms with Crippen molar-refractivity contribution >= 4 is 33.9 Å². The van der Waals surface area contributed by atoms with Crippen molar-refractivity contribution in [1.82, 2.24) is 15.3 Å². The third-order valence-corrected chi connectivity index (χ3v) is 6.44. The number of aromatic nitrogens is 2. The summed E-state index contributed by atoms with van der Waals surface area (Å²) in [6, 6.07) is 8.21. The maximum absolute atomic E-state index is 14.0. The van der Waals surface area contributed by atoms with Gasteiger partial charge >= 0.3 is 0 Å². The number of nitrogens with zero attached hydrogens (tertiary/aromatic N) is 2. The van der Waals surface area contributed by atoms with Gasteiger partial charge in [-0.2, -0.15) is 0 Å². The lowest BCUT2D eigenvalue weighted by atomic mass is 10.0. The summed E-state index contributed by atoms with van der Waals surface area (Å²) in [4.78, 5) is 45.4. The molecule has 9 nitrogen and oxygen atoms in total. The van der Waals surface area contributed by atoms with Gasteiger partial charge in [0.1, 0.15) is 28.6 Å². The molecule has 3 heterocycles. The monoisotopic (exact) mass is 489 g/mol. The lowest BCUT2D eigenvalue weighted by Crippen LogP contribution is -2.45. The van der Waals surface area contributed by atoms with Crippen LogP contribution in [0.1, 0.15) is 12.1 Å². The minimum atomic E-state index is -0.606. The molecule has 1 amide bonds. The van der Waals surface area contributed by atoms with Crippen LogP contribution in [-0.2, 0) is 4.79 Å². The number of nitrogens with one attached hydrogen (secondary N) is 3. The molecule has 3 N–H and O–H groups in total. The van der Waals surface area contributed by atoms with E-state index in [0.29, 0.717) is 42.2 Å². The van der Waals surface area contributed by atoms with Crippen LogP contribution in [0.2, 0.25) is 0 Å². The van der Waals surface area contributed by atoms with Crippen molar-refractivity contribution in [3.05, 3.63) is 74.6 Å². The number of anilines is 2. The minimum Gasteiger partial charge on any atom is -0.496 e. The maximum atomic E-state index is 14.0. The number of H-pyrrole nitrogens is 1. The van der Waals surface area contributed by atoms with Gasteiger partial charge in [-0.1, -0.05) is 6.08 Å². The van der Waals surface area contributed by atoms with E-state index in [1.165, 1.54) is 19.2 Å². The number of benzene rings is 1. The summed E-state index contributed by atoms with van der Waals surface area (Å²) in [5.74, 6) is -0.0745. The van der Waals surface area contributed by atoms with E-state index >= 15 is 0 Å². The number of halogens is 1. The minimum absolute atomic E-state index is 0.0796. The summed E-state index contributed by atoms with van der Waals surface area (Å²) in [6.07, 6.45) is 4.29. The summed E-state index contributed by atoms with van der Waals surface area (Å²) < 4.78 is 19.5. The van der Waals surface area contributed by atoms with Crippen molar-refractivity contribution in [2.75, 3.05) is 44.0 Å². The average Bonchev–Trinajstić information content (AvgIpc) is 3.35. The van der Waals surface area contributed by atoms with Gasteiger partial charge in [-0.15, -0.1) is 0 Å². The Morgan fingerprint density at radius 2 is 2.03 bits per heavy atom. The zero-order valence-corrected chi connectivity index (χ0v) is 19.8. The van der Waals surface area contributed by atoms with Gasteiger partial charge in [-0.05, 0) is 47.9 Å². The third-order valence-electron chi connectivity index (χ3n) is 6.44. The first kappa shape index (κ1) is 23.3. The summed E-state index contributed by atoms with van der Waals surface area (Å²) in [5.41, 5.74) is 3.37. The second-order valence-corrected chi connectivity index (χ2v) is 8.48. The third kappa shape index (κ3) is 4.00. The maximum Gasteiger partial charge on any atom is 0.253 e. The fourth-order valence-corrected chi connectivity index (χ4v) is 4.54. The second-order valence-electron chi connectivity index (χ2n) is 8.48. The zero-order chi connectivity index (χ0) is 25.4. The number of amides is 1. The zero-order valence-electron chi connectivity index (χ0n) is 19.8. The molecular formula is C26H24FN5O4. The quantitative estimate of drug-likeness (QED) is 0.342. The summed E-state index contributed by atoms with van der Waals surface area (Å²) >= 11 is 0. The van der Waals surface area contributed by atoms with Crippen molar-refractivity contribution in [1.29, 1.82) is 0 Å². The molecule has 184 valence electrons. The molecule has 5 rings (SSSR count). The molecule has 0 bridgehead atoms. The number of carbonyl (C=O) groups is 1. The van der Waals surface area contributed by atoms with E-state index in [1.54, 1.807) is 19.4 Å². The van der Waals surface area contributed by atoms with Gasteiger partial charge < -0.3 is 25.3 Å². The predicted molar refractivity (Wildman–Crippen MR) is 137 cm³/mol. The Morgan fingerprint density at radius 3 is 2.75 bits per heavy atom. The van der Waals surface area contributed by atoms with Crippen LogP contribution >= 0.6 is 0 Å². The molecule has 4 aromatic rings. The topological polar surface area (TPSA) is 116 Å². The van der Waals surface area contributed by atoms with Crippen LogP contribution in [0.15, 0.2) is 52.2 Å². The van der Waals surface area contributed by atoms with E-state index < -0.39 is 10.9 Å². The fraction of sp³-hybridized carbons (Fsp3) is 0.231. The van der Waals surface area contributed by atoms with Gasteiger partial charge in [0.15, 0.2) is 0 Å². The van der Waals surface area contributed by atoms with E-state index in [0.717, 1.165) is 22.2 Å². The molecule has 0 saturated carbocycles. The molecule has 2 aromatic heterocycles. The highest BCUT2D eigenvalue weighted by molar-refractivity contribution is 5.97. The molecule has 0 aliphatic carbocycles. The van der Waals surface area contributed by atoms with Crippen molar-refractivity contribution in [2.24, 2.45) is 0 Å². The van der Waals surface area contributed by atoms with E-state index in [1.807, 2.05) is 23.1 Å². The van der Waals surface area contributed by atoms with Gasteiger partial charge in [0.2, 0.25) is 5.91 Å². The molecule has 0 spiro atoms. The first-order valence-corrected chi connectivity index (χ1v) is 11.4. The summed E-state index contributed by atoms with van der Waals surface area (Å²) in [5, 5.41) is 6.08. The van der Waals surface area contributed by atoms with Crippen LogP contribution in [0, 0.1) is 5.82 Å². The summed E-state index contributed by atoms with van der Waals surface area (Å²) in [6.45, 7) is 0.880. The van der Waals surface area contributed by atoms with Gasteiger partial charge in [0, 0.05) is 43.0 Å². The molecule has 0 unspecified atom stereocenters. The number of likely N-dealkylation sites (N-methyl/N-ethyl adjacent to an activating group) is 1. The SMILES string of the molecule is CNC(=O)CNc1c(N2CC=C(c3cc4c(-c5cc(F)ccc5OC)ccnc4[nH]3)CC2)c(=O)c1=O. The van der Waals surface area contributed by atoms with Crippen LogP contribution in [0.4, 0.5) is 15.8 Å². The molecule has 2 aromatic carbocycles. The van der Waals surface area contributed by atoms with Crippen LogP contribution in [-0.4, -0.2) is 49.7 Å². The predicted octanol–water partition coefficient (Wildman–Crippen LogP) is 2.43. The molecule has 0 fully saturated rings. The molecule has 1 aliphatic rings. The van der Waals surface area contributed by atoms with Crippen molar-refractivity contribution in [3.8, 4) is 16.9 Å². The van der Waals surface area contributed by atoms with Crippen LogP contribution in [0.25, 0.3) is 27.7 Å². The van der Waals surface area contributed by atoms with Crippen LogP contribution in [0.3, 0.4) is 0 Å². The van der Waals surface area contributed by atoms with E-state index in [2.05, 4.69) is 20.6 Å². The van der Waals surface area contributed by atoms with Crippen molar-refractivity contribution < 1.29 is 13.9 Å². The smallest absolute Gasteiger partial charge is 0.253 e. The normalized spacial score (nSPS) is 13.6. The Kier molecular flexibility index (Phi) is 6.01. The number of aromatic amines is 1. The van der Waals surface area contributed by atoms with E-state index in [-0.39, 0.29) is 24.0 Å². The number of ether oxygens (including phenoxy) is 1. The Labute approximate surface area is 205 Å². The lowest BCUT2D eigenvalue weighted by molar-refractivity contribution is -0.118. The molecule has 36 heavy (non-hydrogen) atoms. The highest BCUT2D eigenvalue weighted by Crippen LogP contribution is 2.37. The number of methoxy groups -OCH3 is 1. The number of hydrogen-bond acceptors (Lipinski definition) is 7. The first-order chi connectivity index (χ1) is 17.4. The van der Waals surface area contributed by atoms with Crippen LogP contribution < -0.4 is 31.1 Å². The van der Waals surface area contributed by atoms with Crippen molar-refractivity contribution in [2.45, 2.75) is 6.42 Å². The molecule has 1 aliphatic heterocycles. The molecule has 0 saturated heterocycles. The summed E-state index contributed by atoms with van der Waals surface area (Å²) in [7, 11) is 3.05. The number of fused-ring (bicyclic) bond motifs is 1. The Bertz CT molecular complexity index is 1580. The molecular weight excluding hydrogens is 465 g/mol. The Morgan fingerprint density at radius 1 is 1.19 bits per heavy atom. The average molecular weight is 490 g/mol. The van der Waals surface area contributed by atoms with Crippen molar-refractivity contribution in [3.63, 3.8) is 0 Å². The van der Waals surface area contributed by atoms with Crippen LogP contribution in [0.5, 0.6) is 5.75 Å². The number of carbonyl (C=O) groups excluding carboxylic acids is 1. The molecule has 10 heteroatoms. The number of hydrogen-bond donors (Lipinski definition) is 3. The number of rotatable bonds is 7. The fourth-order valence-electron chi connectivity index (χ4n) is 4.54. The molecule has 0 atom stereocenters. The first-order valence-electron chi connectivity index (χ1n) is 11.4. The van der Waals surface area contributed by atoms with E-state index in [4.69, 9.17) is 4.74 Å². The van der Waals surface area contributed by atoms with E-state index in [9.17, 15) is 18.8 Å². The molecule has 0 radical (unpaired) electrons. The lowest BCUT2D eigenvalue weighted by Gasteiger charge is -2.30. The largest absolute Gasteiger partial charge is 0.496 e. The van der Waals surface area contributed by atoms with Gasteiger partial charge in [0.05, 0.1) is 13.7 Å². The second kappa shape index (κ2) is 9.29. The number of pyridine rings is 1. The standard InChI is InChI=1S/C26H24FN5O4/c1-28-21(33)13-30-22-23(25(35)24(22)34)32-9-6-14(7-10-32)19-12-18-16(5-8-29-26(18)31-19)17-11-15(27)3-4-20(17)36-2/h3-6,8,11-12,30H,7,9-10,13H2,1-2H3,(H,28,33)(H,29,31). The Balaban J connectivity index is 1.42. The Hall–Kier alpha value is -4.47. The van der Waals surface area contributed by atoms with Gasteiger partial charge in [-0.25, -0.2) is 9.37 Å². The van der Waals surface area contributed by atoms with Gasteiger partial charge in [-0.3, -0.25) is 14.4 Å².